The second kappa shape index (κ2) is 4.46. The minimum Gasteiger partial charge on any atom is -0.308 e. The van der Waals surface area contributed by atoms with Crippen LogP contribution in [0.25, 0.3) is 0 Å². The van der Waals surface area contributed by atoms with E-state index in [-0.39, 0.29) is 0 Å². The summed E-state index contributed by atoms with van der Waals surface area (Å²) in [5, 5.41) is 5.04. The van der Waals surface area contributed by atoms with Crippen LogP contribution in [0.1, 0.15) is 42.5 Å². The summed E-state index contributed by atoms with van der Waals surface area (Å²) in [4.78, 5) is 5.82. The highest BCUT2D eigenvalue weighted by Crippen LogP contribution is 2.44. The zero-order valence-corrected chi connectivity index (χ0v) is 10.7. The van der Waals surface area contributed by atoms with Crippen molar-refractivity contribution in [3.05, 3.63) is 16.1 Å². The molecule has 1 aromatic heterocycles. The van der Waals surface area contributed by atoms with Gasteiger partial charge in [0.05, 0.1) is 5.01 Å². The van der Waals surface area contributed by atoms with Gasteiger partial charge in [0.15, 0.2) is 0 Å². The molecule has 3 rings (SSSR count). The summed E-state index contributed by atoms with van der Waals surface area (Å²) in [7, 11) is 0. The molecule has 0 radical (unpaired) electrons. The van der Waals surface area contributed by atoms with Gasteiger partial charge in [-0.15, -0.1) is 11.3 Å². The fraction of sp³-hybridized carbons (Fsp3) is 0.769. The highest BCUT2D eigenvalue weighted by molar-refractivity contribution is 7.11. The average Bonchev–Trinajstić information content (AvgIpc) is 3.20. The van der Waals surface area contributed by atoms with Crippen LogP contribution in [0.5, 0.6) is 0 Å². The topological polar surface area (TPSA) is 24.9 Å². The standard InChI is InChI=1S/C13H20N2S/c1-2-12-14-7-11(16-12)8-15-13(9-3-4-9)10-5-6-10/h7,9-10,13,15H,2-6,8H2,1H3. The number of aryl methyl sites for hydroxylation is 1. The van der Waals surface area contributed by atoms with Gasteiger partial charge in [0, 0.05) is 23.7 Å². The largest absolute Gasteiger partial charge is 0.308 e. The van der Waals surface area contributed by atoms with Crippen molar-refractivity contribution in [1.82, 2.24) is 10.3 Å². The molecule has 2 aliphatic carbocycles. The number of nitrogens with zero attached hydrogens (tertiary/aromatic N) is 1. The summed E-state index contributed by atoms with van der Waals surface area (Å²) in [6.07, 6.45) is 8.94. The molecule has 3 heteroatoms. The van der Waals surface area contributed by atoms with E-state index in [4.69, 9.17) is 0 Å². The molecule has 2 nitrogen and oxygen atoms in total. The number of rotatable bonds is 6. The predicted octanol–water partition coefficient (Wildman–Crippen LogP) is 2.98. The second-order valence-electron chi connectivity index (χ2n) is 5.16. The van der Waals surface area contributed by atoms with E-state index in [1.54, 1.807) is 0 Å². The summed E-state index contributed by atoms with van der Waals surface area (Å²) in [5.41, 5.74) is 0. The van der Waals surface area contributed by atoms with Crippen molar-refractivity contribution in [2.45, 2.75) is 51.6 Å². The Morgan fingerprint density at radius 3 is 2.56 bits per heavy atom. The molecule has 0 aromatic carbocycles. The summed E-state index contributed by atoms with van der Waals surface area (Å²) in [5.74, 6) is 1.98. The zero-order valence-electron chi connectivity index (χ0n) is 9.91. The molecular formula is C13H20N2S. The van der Waals surface area contributed by atoms with Gasteiger partial charge in [-0.05, 0) is 43.9 Å². The van der Waals surface area contributed by atoms with Crippen LogP contribution in [0.2, 0.25) is 0 Å². The average molecular weight is 236 g/mol. The maximum atomic E-state index is 4.41. The third-order valence-electron chi connectivity index (χ3n) is 3.68. The molecule has 0 unspecified atom stereocenters. The van der Waals surface area contributed by atoms with Crippen molar-refractivity contribution in [1.29, 1.82) is 0 Å². The van der Waals surface area contributed by atoms with Gasteiger partial charge in [-0.25, -0.2) is 4.98 Å². The number of thiazole rings is 1. The van der Waals surface area contributed by atoms with Crippen LogP contribution < -0.4 is 5.32 Å². The van der Waals surface area contributed by atoms with Crippen molar-refractivity contribution in [3.63, 3.8) is 0 Å². The Hall–Kier alpha value is -0.410. The van der Waals surface area contributed by atoms with Gasteiger partial charge in [0.1, 0.15) is 0 Å². The number of nitrogens with one attached hydrogen (secondary N) is 1. The smallest absolute Gasteiger partial charge is 0.0925 e. The summed E-state index contributed by atoms with van der Waals surface area (Å²) < 4.78 is 0. The van der Waals surface area contributed by atoms with E-state index in [0.717, 1.165) is 30.8 Å². The fourth-order valence-corrected chi connectivity index (χ4v) is 3.25. The third-order valence-corrected chi connectivity index (χ3v) is 4.82. The Morgan fingerprint density at radius 2 is 2.06 bits per heavy atom. The molecule has 0 saturated heterocycles. The van der Waals surface area contributed by atoms with Crippen LogP contribution in [0, 0.1) is 11.8 Å². The van der Waals surface area contributed by atoms with E-state index in [0.29, 0.717) is 0 Å². The molecule has 0 amide bonds. The Bertz CT molecular complexity index is 341. The Morgan fingerprint density at radius 1 is 1.38 bits per heavy atom. The van der Waals surface area contributed by atoms with Gasteiger partial charge in [0.25, 0.3) is 0 Å². The van der Waals surface area contributed by atoms with Crippen LogP contribution in [-0.2, 0) is 13.0 Å². The van der Waals surface area contributed by atoms with E-state index in [2.05, 4.69) is 17.2 Å². The first-order valence-electron chi connectivity index (χ1n) is 6.53. The Balaban J connectivity index is 1.53. The van der Waals surface area contributed by atoms with E-state index < -0.39 is 0 Å². The van der Waals surface area contributed by atoms with Crippen molar-refractivity contribution < 1.29 is 0 Å². The molecule has 2 aliphatic rings. The first-order valence-corrected chi connectivity index (χ1v) is 7.35. The number of aromatic nitrogens is 1. The lowest BCUT2D eigenvalue weighted by atomic mass is 10.1. The van der Waals surface area contributed by atoms with Gasteiger partial charge in [-0.1, -0.05) is 6.92 Å². The third kappa shape index (κ3) is 2.46. The highest BCUT2D eigenvalue weighted by Gasteiger charge is 2.40. The van der Waals surface area contributed by atoms with Gasteiger partial charge < -0.3 is 5.32 Å². The monoisotopic (exact) mass is 236 g/mol. The quantitative estimate of drug-likeness (QED) is 0.821. The Labute approximate surface area is 101 Å². The lowest BCUT2D eigenvalue weighted by molar-refractivity contribution is 0.417. The summed E-state index contributed by atoms with van der Waals surface area (Å²) in [6, 6.07) is 0.812. The van der Waals surface area contributed by atoms with Gasteiger partial charge >= 0.3 is 0 Å². The SMILES string of the molecule is CCc1ncc(CNC(C2CC2)C2CC2)s1. The molecule has 0 atom stereocenters. The molecule has 88 valence electrons. The second-order valence-corrected chi connectivity index (χ2v) is 6.36. The van der Waals surface area contributed by atoms with Crippen molar-refractivity contribution in [2.75, 3.05) is 0 Å². The Kier molecular flexibility index (Phi) is 2.99. The molecule has 0 aliphatic heterocycles. The normalized spacial score (nSPS) is 20.6. The summed E-state index contributed by atoms with van der Waals surface area (Å²) in [6.45, 7) is 3.21. The molecule has 0 bridgehead atoms. The lowest BCUT2D eigenvalue weighted by Gasteiger charge is -2.16. The maximum absolute atomic E-state index is 4.41. The van der Waals surface area contributed by atoms with Crippen molar-refractivity contribution in [3.8, 4) is 0 Å². The van der Waals surface area contributed by atoms with E-state index in [9.17, 15) is 0 Å². The molecular weight excluding hydrogens is 216 g/mol. The van der Waals surface area contributed by atoms with E-state index >= 15 is 0 Å². The minimum atomic E-state index is 0.812. The number of hydrogen-bond donors (Lipinski definition) is 1. The van der Waals surface area contributed by atoms with Gasteiger partial charge in [0.2, 0.25) is 0 Å². The fourth-order valence-electron chi connectivity index (χ4n) is 2.44. The first kappa shape index (κ1) is 10.7. The molecule has 1 aromatic rings. The zero-order chi connectivity index (χ0) is 11.0. The van der Waals surface area contributed by atoms with Gasteiger partial charge in [-0.3, -0.25) is 0 Å². The van der Waals surface area contributed by atoms with Gasteiger partial charge in [-0.2, -0.15) is 0 Å². The molecule has 2 fully saturated rings. The molecule has 0 spiro atoms. The van der Waals surface area contributed by atoms with E-state index in [1.807, 2.05) is 17.5 Å². The first-order chi connectivity index (χ1) is 7.86. The maximum Gasteiger partial charge on any atom is 0.0925 e. The van der Waals surface area contributed by atoms with Crippen LogP contribution in [0.15, 0.2) is 6.20 Å². The van der Waals surface area contributed by atoms with Crippen LogP contribution >= 0.6 is 11.3 Å². The predicted molar refractivity (Wildman–Crippen MR) is 67.6 cm³/mol. The van der Waals surface area contributed by atoms with Crippen LogP contribution in [0.3, 0.4) is 0 Å². The molecule has 2 saturated carbocycles. The molecule has 1 heterocycles. The van der Waals surface area contributed by atoms with Crippen LogP contribution in [0.4, 0.5) is 0 Å². The molecule has 1 N–H and O–H groups in total. The minimum absolute atomic E-state index is 0.812. The number of hydrogen-bond acceptors (Lipinski definition) is 3. The van der Waals surface area contributed by atoms with Crippen LogP contribution in [-0.4, -0.2) is 11.0 Å². The van der Waals surface area contributed by atoms with Crippen molar-refractivity contribution >= 4 is 11.3 Å². The van der Waals surface area contributed by atoms with E-state index in [1.165, 1.54) is 35.6 Å². The van der Waals surface area contributed by atoms with Crippen molar-refractivity contribution in [2.24, 2.45) is 11.8 Å². The highest BCUT2D eigenvalue weighted by atomic mass is 32.1. The summed E-state index contributed by atoms with van der Waals surface area (Å²) >= 11 is 1.87. The molecule has 16 heavy (non-hydrogen) atoms. The lowest BCUT2D eigenvalue weighted by Crippen LogP contribution is -2.32.